The first-order valence-electron chi connectivity index (χ1n) is 5.62. The minimum absolute atomic E-state index is 0.0181. The van der Waals surface area contributed by atoms with Gasteiger partial charge in [0, 0.05) is 12.8 Å². The predicted molar refractivity (Wildman–Crippen MR) is 60.5 cm³/mol. The van der Waals surface area contributed by atoms with Crippen molar-refractivity contribution in [2.45, 2.75) is 31.5 Å². The van der Waals surface area contributed by atoms with Crippen LogP contribution in [0.2, 0.25) is 0 Å². The topological polar surface area (TPSA) is 63.6 Å². The zero-order valence-corrected chi connectivity index (χ0v) is 9.33. The fourth-order valence-corrected chi connectivity index (χ4v) is 1.88. The molecule has 0 unspecified atom stereocenters. The molecule has 0 heterocycles. The normalized spacial score (nSPS) is 24.4. The van der Waals surface area contributed by atoms with Crippen molar-refractivity contribution in [3.63, 3.8) is 0 Å². The van der Waals surface area contributed by atoms with Crippen molar-refractivity contribution >= 4 is 11.8 Å². The third-order valence-electron chi connectivity index (χ3n) is 2.84. The minimum atomic E-state index is -0.871. The maximum absolute atomic E-state index is 11.7. The van der Waals surface area contributed by atoms with Gasteiger partial charge in [0.2, 0.25) is 0 Å². The quantitative estimate of drug-likeness (QED) is 0.784. The van der Waals surface area contributed by atoms with Crippen LogP contribution in [-0.4, -0.2) is 29.1 Å². The number of ether oxygens (including phenoxy) is 1. The third-order valence-corrected chi connectivity index (χ3v) is 2.84. The van der Waals surface area contributed by atoms with Gasteiger partial charge in [-0.1, -0.05) is 18.2 Å². The number of aliphatic hydroxyl groups is 1. The summed E-state index contributed by atoms with van der Waals surface area (Å²) in [6.45, 7) is 0. The highest BCUT2D eigenvalue weighted by molar-refractivity contribution is 5.89. The van der Waals surface area contributed by atoms with E-state index in [0.29, 0.717) is 18.4 Å². The lowest BCUT2D eigenvalue weighted by Crippen LogP contribution is -2.37. The zero-order chi connectivity index (χ0) is 12.3. The average molecular weight is 234 g/mol. The maximum Gasteiger partial charge on any atom is 0.338 e. The molecule has 2 atom stereocenters. The Morgan fingerprint density at radius 2 is 2.00 bits per heavy atom. The number of benzene rings is 1. The molecule has 0 bridgehead atoms. The molecule has 1 aromatic rings. The molecule has 0 spiro atoms. The van der Waals surface area contributed by atoms with Gasteiger partial charge in [0.25, 0.3) is 0 Å². The van der Waals surface area contributed by atoms with E-state index >= 15 is 0 Å². The molecular weight excluding hydrogens is 220 g/mol. The van der Waals surface area contributed by atoms with Crippen LogP contribution in [0.3, 0.4) is 0 Å². The van der Waals surface area contributed by atoms with Crippen molar-refractivity contribution in [2.75, 3.05) is 0 Å². The second-order valence-electron chi connectivity index (χ2n) is 4.16. The summed E-state index contributed by atoms with van der Waals surface area (Å²) in [6, 6.07) is 8.62. The predicted octanol–water partition coefficient (Wildman–Crippen LogP) is 1.33. The number of carbonyl (C=O) groups excluding carboxylic acids is 2. The van der Waals surface area contributed by atoms with Crippen LogP contribution in [0.25, 0.3) is 0 Å². The summed E-state index contributed by atoms with van der Waals surface area (Å²) in [5.74, 6) is -0.437. The molecule has 4 nitrogen and oxygen atoms in total. The van der Waals surface area contributed by atoms with Gasteiger partial charge in [-0.3, -0.25) is 4.79 Å². The Labute approximate surface area is 99.2 Å². The van der Waals surface area contributed by atoms with Crippen LogP contribution in [0, 0.1) is 0 Å². The fourth-order valence-electron chi connectivity index (χ4n) is 1.88. The molecule has 0 aliphatic heterocycles. The Morgan fingerprint density at radius 1 is 1.29 bits per heavy atom. The second-order valence-corrected chi connectivity index (χ2v) is 4.16. The van der Waals surface area contributed by atoms with Crippen LogP contribution in [-0.2, 0) is 9.53 Å². The van der Waals surface area contributed by atoms with E-state index in [-0.39, 0.29) is 12.2 Å². The van der Waals surface area contributed by atoms with Gasteiger partial charge >= 0.3 is 5.97 Å². The average Bonchev–Trinajstić information content (AvgIpc) is 2.34. The molecule has 1 aromatic carbocycles. The van der Waals surface area contributed by atoms with Crippen LogP contribution < -0.4 is 0 Å². The van der Waals surface area contributed by atoms with E-state index in [9.17, 15) is 14.7 Å². The van der Waals surface area contributed by atoms with Crippen LogP contribution in [0.5, 0.6) is 0 Å². The SMILES string of the molecule is O=C1CC[C@@H](OC(=O)c2ccccc2)[C@H](O)C1. The number of Topliss-reactive ketones (excluding diaryl/α,β-unsaturated/α-hetero) is 1. The van der Waals surface area contributed by atoms with Crippen molar-refractivity contribution < 1.29 is 19.4 Å². The standard InChI is InChI=1S/C13H14O4/c14-10-6-7-12(11(15)8-10)17-13(16)9-4-2-1-3-5-9/h1-5,11-12,15H,6-8H2/t11-,12-/m1/s1. The summed E-state index contributed by atoms with van der Waals surface area (Å²) >= 11 is 0. The van der Waals surface area contributed by atoms with Gasteiger partial charge in [-0.05, 0) is 18.6 Å². The number of ketones is 1. The molecule has 90 valence electrons. The van der Waals surface area contributed by atoms with Gasteiger partial charge in [0.1, 0.15) is 11.9 Å². The molecule has 1 saturated carbocycles. The van der Waals surface area contributed by atoms with Crippen molar-refractivity contribution in [3.8, 4) is 0 Å². The van der Waals surface area contributed by atoms with Gasteiger partial charge in [-0.25, -0.2) is 4.79 Å². The minimum Gasteiger partial charge on any atom is -0.456 e. The smallest absolute Gasteiger partial charge is 0.338 e. The Kier molecular flexibility index (Phi) is 3.54. The Morgan fingerprint density at radius 3 is 2.65 bits per heavy atom. The molecule has 1 fully saturated rings. The lowest BCUT2D eigenvalue weighted by atomic mass is 9.93. The molecular formula is C13H14O4. The van der Waals surface area contributed by atoms with Crippen LogP contribution in [0.1, 0.15) is 29.6 Å². The van der Waals surface area contributed by atoms with Crippen LogP contribution in [0.4, 0.5) is 0 Å². The van der Waals surface area contributed by atoms with E-state index in [2.05, 4.69) is 0 Å². The van der Waals surface area contributed by atoms with E-state index in [1.54, 1.807) is 24.3 Å². The Balaban J connectivity index is 1.97. The Bertz CT molecular complexity index is 413. The van der Waals surface area contributed by atoms with Gasteiger partial charge in [-0.15, -0.1) is 0 Å². The fraction of sp³-hybridized carbons (Fsp3) is 0.385. The number of aliphatic hydroxyl groups excluding tert-OH is 1. The van der Waals surface area contributed by atoms with Crippen LogP contribution in [0.15, 0.2) is 30.3 Å². The van der Waals surface area contributed by atoms with E-state index in [1.807, 2.05) is 6.07 Å². The van der Waals surface area contributed by atoms with E-state index in [4.69, 9.17) is 4.74 Å². The summed E-state index contributed by atoms with van der Waals surface area (Å²) < 4.78 is 5.20. The van der Waals surface area contributed by atoms with Gasteiger partial charge in [0.05, 0.1) is 11.7 Å². The summed E-state index contributed by atoms with van der Waals surface area (Å²) in [5.41, 5.74) is 0.455. The lowest BCUT2D eigenvalue weighted by molar-refractivity contribution is -0.128. The maximum atomic E-state index is 11.7. The number of esters is 1. The molecule has 0 saturated heterocycles. The highest BCUT2D eigenvalue weighted by Crippen LogP contribution is 2.20. The molecule has 0 amide bonds. The number of hydrogen-bond donors (Lipinski definition) is 1. The molecule has 17 heavy (non-hydrogen) atoms. The second kappa shape index (κ2) is 5.10. The van der Waals surface area contributed by atoms with Gasteiger partial charge < -0.3 is 9.84 Å². The molecule has 0 radical (unpaired) electrons. The first kappa shape index (κ1) is 11.8. The highest BCUT2D eigenvalue weighted by atomic mass is 16.6. The zero-order valence-electron chi connectivity index (χ0n) is 9.33. The monoisotopic (exact) mass is 234 g/mol. The van der Waals surface area contributed by atoms with Crippen molar-refractivity contribution in [3.05, 3.63) is 35.9 Å². The van der Waals surface area contributed by atoms with Crippen molar-refractivity contribution in [1.29, 1.82) is 0 Å². The molecule has 0 aromatic heterocycles. The molecule has 1 aliphatic carbocycles. The summed E-state index contributed by atoms with van der Waals surface area (Å²) in [6.07, 6.45) is -0.598. The molecule has 4 heteroatoms. The van der Waals surface area contributed by atoms with Crippen molar-refractivity contribution in [2.24, 2.45) is 0 Å². The molecule has 1 aliphatic rings. The van der Waals surface area contributed by atoms with Gasteiger partial charge in [-0.2, -0.15) is 0 Å². The number of carbonyl (C=O) groups is 2. The first-order valence-corrected chi connectivity index (χ1v) is 5.62. The number of rotatable bonds is 2. The number of hydrogen-bond acceptors (Lipinski definition) is 4. The summed E-state index contributed by atoms with van der Waals surface area (Å²) in [7, 11) is 0. The highest BCUT2D eigenvalue weighted by Gasteiger charge is 2.30. The van der Waals surface area contributed by atoms with Crippen molar-refractivity contribution in [1.82, 2.24) is 0 Å². The first-order chi connectivity index (χ1) is 8.16. The summed E-state index contributed by atoms with van der Waals surface area (Å²) in [4.78, 5) is 22.8. The largest absolute Gasteiger partial charge is 0.456 e. The summed E-state index contributed by atoms with van der Waals surface area (Å²) in [5, 5.41) is 9.64. The Hall–Kier alpha value is -1.68. The lowest BCUT2D eigenvalue weighted by Gasteiger charge is -2.26. The van der Waals surface area contributed by atoms with E-state index < -0.39 is 18.2 Å². The molecule has 1 N–H and O–H groups in total. The van der Waals surface area contributed by atoms with Crippen LogP contribution >= 0.6 is 0 Å². The third kappa shape index (κ3) is 2.91. The van der Waals surface area contributed by atoms with E-state index in [0.717, 1.165) is 0 Å². The van der Waals surface area contributed by atoms with Gasteiger partial charge in [0.15, 0.2) is 0 Å². The molecule has 2 rings (SSSR count). The van der Waals surface area contributed by atoms with E-state index in [1.165, 1.54) is 0 Å².